The van der Waals surface area contributed by atoms with Gasteiger partial charge in [-0.3, -0.25) is 24.3 Å². The van der Waals surface area contributed by atoms with Crippen LogP contribution in [0.25, 0.3) is 0 Å². The van der Waals surface area contributed by atoms with Gasteiger partial charge in [-0.1, -0.05) is 12.1 Å². The molecule has 1 fully saturated rings. The first-order valence-electron chi connectivity index (χ1n) is 12.5. The third kappa shape index (κ3) is 6.20. The van der Waals surface area contributed by atoms with Crippen molar-refractivity contribution < 1.29 is 48.3 Å². The molecule has 1 unspecified atom stereocenters. The van der Waals surface area contributed by atoms with Crippen molar-refractivity contribution in [1.29, 1.82) is 0 Å². The van der Waals surface area contributed by atoms with Crippen molar-refractivity contribution in [2.24, 2.45) is 5.73 Å². The molecule has 0 aliphatic carbocycles. The minimum Gasteiger partial charge on any atom is -0.534 e. The molecule has 17 heteroatoms. The number of piperazine rings is 1. The van der Waals surface area contributed by atoms with E-state index in [0.29, 0.717) is 23.0 Å². The van der Waals surface area contributed by atoms with Crippen molar-refractivity contribution in [3.63, 3.8) is 0 Å². The normalized spacial score (nSPS) is 17.4. The minimum absolute atomic E-state index is 0.0179. The zero-order valence-electron chi connectivity index (χ0n) is 21.4. The number of urea groups is 1. The first kappa shape index (κ1) is 29.2. The number of fused-ring (bicyclic) bond motifs is 1. The van der Waals surface area contributed by atoms with E-state index in [1.165, 1.54) is 23.1 Å². The maximum absolute atomic E-state index is 14.8. The van der Waals surface area contributed by atoms with E-state index in [2.05, 4.69) is 15.6 Å². The zero-order chi connectivity index (χ0) is 29.8. The average molecular weight is 572 g/mol. The minimum atomic E-state index is -1.89. The third-order valence-electron chi connectivity index (χ3n) is 6.52. The molecule has 2 aromatic rings. The lowest BCUT2D eigenvalue weighted by molar-refractivity contribution is -0.153. The van der Waals surface area contributed by atoms with Gasteiger partial charge in [0.1, 0.15) is 17.2 Å². The van der Waals surface area contributed by atoms with E-state index in [-0.39, 0.29) is 43.9 Å². The fraction of sp³-hybridized carbons (Fsp3) is 0.333. The van der Waals surface area contributed by atoms with E-state index in [9.17, 15) is 43.6 Å². The van der Waals surface area contributed by atoms with Crippen LogP contribution < -0.4 is 21.0 Å². The Morgan fingerprint density at radius 3 is 2.68 bits per heavy atom. The number of carboxylic acids is 1. The van der Waals surface area contributed by atoms with E-state index in [0.717, 1.165) is 6.20 Å². The highest BCUT2D eigenvalue weighted by atomic mass is 19.1. The van der Waals surface area contributed by atoms with Crippen LogP contribution in [0.3, 0.4) is 0 Å². The molecule has 41 heavy (non-hydrogen) atoms. The monoisotopic (exact) mass is 572 g/mol. The highest BCUT2D eigenvalue weighted by Crippen LogP contribution is 2.30. The summed E-state index contributed by atoms with van der Waals surface area (Å²) < 4.78 is 20.1. The number of para-hydroxylation sites is 1. The Balaban J connectivity index is 1.55. The molecule has 1 aromatic carbocycles. The van der Waals surface area contributed by atoms with Gasteiger partial charge in [0.25, 0.3) is 0 Å². The summed E-state index contributed by atoms with van der Waals surface area (Å²) in [6.07, 6.45) is 1.18. The van der Waals surface area contributed by atoms with Crippen molar-refractivity contribution in [2.75, 3.05) is 26.2 Å². The number of hydrogen-bond acceptors (Lipinski definition) is 10. The first-order valence-corrected chi connectivity index (χ1v) is 12.5. The SMILES string of the molecule is NCCCN1CCN(C(=O)NC(C(=O)N[C@H]2Cc3cccc(C(=O)O)c3OB2O)c2ncc(O)cc2F)C(=O)C1=O. The molecule has 0 spiro atoms. The number of amides is 5. The number of carbonyl (C=O) groups is 5. The van der Waals surface area contributed by atoms with Crippen LogP contribution >= 0.6 is 0 Å². The van der Waals surface area contributed by atoms with Crippen LogP contribution in [0.5, 0.6) is 11.5 Å². The molecule has 0 radical (unpaired) electrons. The van der Waals surface area contributed by atoms with Crippen LogP contribution in [0, 0.1) is 5.82 Å². The summed E-state index contributed by atoms with van der Waals surface area (Å²) in [6, 6.07) is 1.84. The highest BCUT2D eigenvalue weighted by Gasteiger charge is 2.41. The number of rotatable bonds is 8. The van der Waals surface area contributed by atoms with Gasteiger partial charge < -0.3 is 41.2 Å². The predicted octanol–water partition coefficient (Wildman–Crippen LogP) is -1.47. The van der Waals surface area contributed by atoms with Gasteiger partial charge in [0.2, 0.25) is 5.91 Å². The van der Waals surface area contributed by atoms with Gasteiger partial charge in [-0.05, 0) is 31.0 Å². The number of halogens is 1. The third-order valence-corrected chi connectivity index (χ3v) is 6.52. The van der Waals surface area contributed by atoms with Crippen LogP contribution in [0.4, 0.5) is 9.18 Å². The van der Waals surface area contributed by atoms with E-state index in [4.69, 9.17) is 10.4 Å². The molecular weight excluding hydrogens is 546 g/mol. The standard InChI is InChI=1S/C24H26BFN6O9/c26-15-10-13(33)11-28-17(15)18(30-24(39)32-8-7-31(6-2-5-27)21(35)22(32)36)20(34)29-16-9-12-3-1-4-14(23(37)38)19(12)41-25(16)40/h1,3-4,10-11,16,18,33,40H,2,5-9,27H2,(H,29,34)(H,30,39)(H,37,38)/t16-,18?/m0/s1. The molecule has 1 aromatic heterocycles. The summed E-state index contributed by atoms with van der Waals surface area (Å²) in [6.45, 7) is 0.312. The van der Waals surface area contributed by atoms with Crippen LogP contribution in [-0.4, -0.2) is 99.0 Å². The van der Waals surface area contributed by atoms with Gasteiger partial charge >= 0.3 is 30.9 Å². The summed E-state index contributed by atoms with van der Waals surface area (Å²) in [7, 11) is -1.72. The summed E-state index contributed by atoms with van der Waals surface area (Å²) >= 11 is 0. The molecule has 2 aliphatic rings. The molecule has 4 rings (SSSR count). The molecule has 2 atom stereocenters. The Bertz CT molecular complexity index is 1400. The molecule has 1 saturated heterocycles. The predicted molar refractivity (Wildman–Crippen MR) is 137 cm³/mol. The van der Waals surface area contributed by atoms with Crippen LogP contribution in [0.1, 0.15) is 34.1 Å². The zero-order valence-corrected chi connectivity index (χ0v) is 21.4. The fourth-order valence-corrected chi connectivity index (χ4v) is 4.46. The molecule has 7 N–H and O–H groups in total. The Morgan fingerprint density at radius 2 is 2.00 bits per heavy atom. The van der Waals surface area contributed by atoms with Gasteiger partial charge in [-0.2, -0.15) is 0 Å². The second-order valence-corrected chi connectivity index (χ2v) is 9.26. The van der Waals surface area contributed by atoms with Crippen molar-refractivity contribution >= 4 is 36.8 Å². The summed E-state index contributed by atoms with van der Waals surface area (Å²) in [5, 5.41) is 34.1. The molecule has 216 valence electrons. The Morgan fingerprint density at radius 1 is 1.24 bits per heavy atom. The number of aromatic nitrogens is 1. The van der Waals surface area contributed by atoms with E-state index in [1.54, 1.807) is 0 Å². The smallest absolute Gasteiger partial charge is 0.534 e. The van der Waals surface area contributed by atoms with Crippen LogP contribution in [0.15, 0.2) is 30.5 Å². The maximum atomic E-state index is 14.8. The number of hydrogen-bond donors (Lipinski definition) is 6. The average Bonchev–Trinajstić information content (AvgIpc) is 2.92. The van der Waals surface area contributed by atoms with Crippen molar-refractivity contribution in [1.82, 2.24) is 25.4 Å². The highest BCUT2D eigenvalue weighted by molar-refractivity contribution is 6.47. The van der Waals surface area contributed by atoms with E-state index < -0.39 is 66.1 Å². The fourth-order valence-electron chi connectivity index (χ4n) is 4.46. The Hall–Kier alpha value is -4.77. The van der Waals surface area contributed by atoms with Gasteiger partial charge in [0, 0.05) is 25.7 Å². The number of aromatic hydroxyl groups is 1. The number of pyridine rings is 1. The number of nitrogens with zero attached hydrogens (tertiary/aromatic N) is 3. The number of nitrogens with one attached hydrogen (secondary N) is 2. The van der Waals surface area contributed by atoms with E-state index >= 15 is 0 Å². The van der Waals surface area contributed by atoms with Gasteiger partial charge in [0.05, 0.1) is 17.7 Å². The Kier molecular flexibility index (Phi) is 8.68. The van der Waals surface area contributed by atoms with Crippen LogP contribution in [-0.2, 0) is 20.8 Å². The van der Waals surface area contributed by atoms with Crippen LogP contribution in [0.2, 0.25) is 0 Å². The van der Waals surface area contributed by atoms with E-state index in [1.807, 2.05) is 0 Å². The molecule has 15 nitrogen and oxygen atoms in total. The van der Waals surface area contributed by atoms with Gasteiger partial charge in [0.15, 0.2) is 11.9 Å². The maximum Gasteiger partial charge on any atom is 0.547 e. The lowest BCUT2D eigenvalue weighted by atomic mass is 9.72. The first-order chi connectivity index (χ1) is 19.5. The summed E-state index contributed by atoms with van der Waals surface area (Å²) in [5.41, 5.74) is 4.97. The Labute approximate surface area is 232 Å². The molecule has 2 aliphatic heterocycles. The molecule has 0 bridgehead atoms. The molecular formula is C24H26BFN6O9. The summed E-state index contributed by atoms with van der Waals surface area (Å²) in [5.74, 6) is -7.47. The second kappa shape index (κ2) is 12.2. The largest absolute Gasteiger partial charge is 0.547 e. The number of nitrogens with two attached hydrogens (primary N) is 1. The number of carboxylic acid groups (broad SMARTS) is 1. The number of aromatic carboxylic acids is 1. The van der Waals surface area contributed by atoms with Gasteiger partial charge in [-0.15, -0.1) is 0 Å². The van der Waals surface area contributed by atoms with Gasteiger partial charge in [-0.25, -0.2) is 14.0 Å². The molecule has 3 heterocycles. The van der Waals surface area contributed by atoms with Crippen molar-refractivity contribution in [3.05, 3.63) is 53.1 Å². The van der Waals surface area contributed by atoms with Crippen molar-refractivity contribution in [3.8, 4) is 11.5 Å². The number of imide groups is 1. The lowest BCUT2D eigenvalue weighted by Crippen LogP contribution is -2.60. The topological polar surface area (TPSA) is 225 Å². The lowest BCUT2D eigenvalue weighted by Gasteiger charge is -2.33. The number of benzene rings is 1. The molecule has 0 saturated carbocycles. The number of carbonyl (C=O) groups excluding carboxylic acids is 4. The van der Waals surface area contributed by atoms with Crippen molar-refractivity contribution in [2.45, 2.75) is 24.8 Å². The summed E-state index contributed by atoms with van der Waals surface area (Å²) in [4.78, 5) is 68.5. The quantitative estimate of drug-likeness (QED) is 0.158. The molecule has 5 amide bonds. The second-order valence-electron chi connectivity index (χ2n) is 9.26.